The molecule has 3 aromatic carbocycles. The van der Waals surface area contributed by atoms with Gasteiger partial charge in [0.05, 0.1) is 5.69 Å². The molecule has 0 fully saturated rings. The van der Waals surface area contributed by atoms with E-state index in [-0.39, 0.29) is 6.09 Å². The fraction of sp³-hybridized carbons (Fsp3) is 0.292. The van der Waals surface area contributed by atoms with Gasteiger partial charge in [0.1, 0.15) is 18.0 Å². The first-order valence-corrected chi connectivity index (χ1v) is 9.64. The van der Waals surface area contributed by atoms with Crippen LogP contribution in [0.2, 0.25) is 0 Å². The Morgan fingerprint density at radius 2 is 1.68 bits per heavy atom. The third kappa shape index (κ3) is 3.68. The zero-order chi connectivity index (χ0) is 19.7. The Morgan fingerprint density at radius 1 is 1.00 bits per heavy atom. The molecule has 0 aliphatic carbocycles. The molecule has 4 rings (SSSR count). The van der Waals surface area contributed by atoms with Crippen LogP contribution in [0, 0.1) is 0 Å². The molecule has 144 valence electrons. The number of hydrogen-bond acceptors (Lipinski definition) is 3. The van der Waals surface area contributed by atoms with Gasteiger partial charge < -0.3 is 9.47 Å². The Kier molecular flexibility index (Phi) is 4.71. The number of anilines is 1. The van der Waals surface area contributed by atoms with Gasteiger partial charge in [-0.3, -0.25) is 4.90 Å². The molecule has 0 atom stereocenters. The molecule has 1 aliphatic heterocycles. The van der Waals surface area contributed by atoms with Gasteiger partial charge in [-0.25, -0.2) is 4.79 Å². The van der Waals surface area contributed by atoms with E-state index in [1.165, 1.54) is 5.56 Å². The monoisotopic (exact) mass is 375 g/mol. The normalized spacial score (nSPS) is 13.5. The van der Waals surface area contributed by atoms with Crippen molar-refractivity contribution in [2.45, 2.75) is 39.4 Å². The molecule has 1 aliphatic rings. The first-order chi connectivity index (χ1) is 13.4. The van der Waals surface area contributed by atoms with Crippen LogP contribution in [0.1, 0.15) is 31.9 Å². The van der Waals surface area contributed by atoms with Gasteiger partial charge in [-0.2, -0.15) is 0 Å². The van der Waals surface area contributed by atoms with E-state index in [2.05, 4.69) is 12.1 Å². The van der Waals surface area contributed by atoms with E-state index in [1.807, 2.05) is 69.3 Å². The van der Waals surface area contributed by atoms with Gasteiger partial charge in [0, 0.05) is 18.0 Å². The predicted octanol–water partition coefficient (Wildman–Crippen LogP) is 5.72. The molecule has 0 spiro atoms. The zero-order valence-electron chi connectivity index (χ0n) is 16.6. The average molecular weight is 375 g/mol. The lowest BCUT2D eigenvalue weighted by molar-refractivity contribution is 0.0584. The van der Waals surface area contributed by atoms with Crippen molar-refractivity contribution in [1.82, 2.24) is 0 Å². The highest BCUT2D eigenvalue weighted by atomic mass is 16.6. The summed E-state index contributed by atoms with van der Waals surface area (Å²) >= 11 is 0. The lowest BCUT2D eigenvalue weighted by atomic mass is 10.0. The van der Waals surface area contributed by atoms with Gasteiger partial charge >= 0.3 is 6.09 Å². The van der Waals surface area contributed by atoms with E-state index >= 15 is 0 Å². The predicted molar refractivity (Wildman–Crippen MR) is 112 cm³/mol. The van der Waals surface area contributed by atoms with E-state index in [4.69, 9.17) is 9.47 Å². The molecule has 0 aromatic heterocycles. The second-order valence-electron chi connectivity index (χ2n) is 8.07. The first-order valence-electron chi connectivity index (χ1n) is 9.64. The number of carbonyl (C=O) groups is 1. The Balaban J connectivity index is 1.71. The highest BCUT2D eigenvalue weighted by Crippen LogP contribution is 2.40. The van der Waals surface area contributed by atoms with Crippen LogP contribution in [0.3, 0.4) is 0 Å². The van der Waals surface area contributed by atoms with Gasteiger partial charge in [0.25, 0.3) is 0 Å². The van der Waals surface area contributed by atoms with Crippen LogP contribution in [0.15, 0.2) is 60.7 Å². The van der Waals surface area contributed by atoms with Crippen molar-refractivity contribution >= 4 is 22.6 Å². The summed E-state index contributed by atoms with van der Waals surface area (Å²) in [7, 11) is 0. The van der Waals surface area contributed by atoms with Crippen molar-refractivity contribution in [1.29, 1.82) is 0 Å². The minimum atomic E-state index is -0.524. The number of fused-ring (bicyclic) bond motifs is 3. The highest BCUT2D eigenvalue weighted by molar-refractivity contribution is 6.01. The van der Waals surface area contributed by atoms with Gasteiger partial charge in [-0.05, 0) is 43.7 Å². The largest absolute Gasteiger partial charge is 0.488 e. The molecule has 4 heteroatoms. The Hall–Kier alpha value is -3.01. The smallest absolute Gasteiger partial charge is 0.414 e. The molecule has 4 nitrogen and oxygen atoms in total. The topological polar surface area (TPSA) is 38.8 Å². The Labute approximate surface area is 165 Å². The van der Waals surface area contributed by atoms with E-state index in [1.54, 1.807) is 4.90 Å². The first kappa shape index (κ1) is 18.4. The molecule has 1 heterocycles. The highest BCUT2D eigenvalue weighted by Gasteiger charge is 2.31. The van der Waals surface area contributed by atoms with Gasteiger partial charge in [0.15, 0.2) is 0 Å². The van der Waals surface area contributed by atoms with Crippen molar-refractivity contribution < 1.29 is 14.3 Å². The number of amides is 1. The molecule has 0 N–H and O–H groups in total. The maximum absolute atomic E-state index is 12.7. The summed E-state index contributed by atoms with van der Waals surface area (Å²) in [5.41, 5.74) is 2.64. The molecule has 0 bridgehead atoms. The molecule has 3 aromatic rings. The summed E-state index contributed by atoms with van der Waals surface area (Å²) in [6.07, 6.45) is 0.504. The molecule has 0 unspecified atom stereocenters. The summed E-state index contributed by atoms with van der Waals surface area (Å²) in [5, 5.41) is 2.21. The van der Waals surface area contributed by atoms with Gasteiger partial charge in [-0.1, -0.05) is 54.6 Å². The number of nitrogens with zero attached hydrogens (tertiary/aromatic N) is 1. The quantitative estimate of drug-likeness (QED) is 0.588. The van der Waals surface area contributed by atoms with Gasteiger partial charge in [-0.15, -0.1) is 0 Å². The van der Waals surface area contributed by atoms with Crippen LogP contribution >= 0.6 is 0 Å². The van der Waals surface area contributed by atoms with Crippen molar-refractivity contribution in [3.8, 4) is 5.75 Å². The van der Waals surface area contributed by atoms with E-state index in [9.17, 15) is 4.79 Å². The number of benzene rings is 3. The molecular weight excluding hydrogens is 350 g/mol. The van der Waals surface area contributed by atoms with Crippen LogP contribution < -0.4 is 9.64 Å². The Bertz CT molecular complexity index is 1010. The average Bonchev–Trinajstić information content (AvgIpc) is 3.10. The third-order valence-corrected chi connectivity index (χ3v) is 4.82. The molecule has 28 heavy (non-hydrogen) atoms. The molecule has 0 saturated carbocycles. The lowest BCUT2D eigenvalue weighted by Gasteiger charge is -2.25. The zero-order valence-corrected chi connectivity index (χ0v) is 16.6. The number of ether oxygens (including phenoxy) is 2. The minimum Gasteiger partial charge on any atom is -0.488 e. The second-order valence-corrected chi connectivity index (χ2v) is 8.07. The maximum Gasteiger partial charge on any atom is 0.414 e. The lowest BCUT2D eigenvalue weighted by Crippen LogP contribution is -2.35. The van der Waals surface area contributed by atoms with Crippen LogP contribution in [-0.4, -0.2) is 18.2 Å². The summed E-state index contributed by atoms with van der Waals surface area (Å²) in [5.74, 6) is 0.786. The standard InChI is InChI=1S/C24H25NO3/c1-24(2,3)28-23(26)25-14-13-19-18-11-7-8-12-20(18)22(15-21(19)25)27-16-17-9-5-4-6-10-17/h4-12,15H,13-14,16H2,1-3H3. The van der Waals surface area contributed by atoms with Crippen molar-refractivity contribution in [3.05, 3.63) is 71.8 Å². The molecule has 0 radical (unpaired) electrons. The minimum absolute atomic E-state index is 0.310. The molecule has 1 amide bonds. The summed E-state index contributed by atoms with van der Waals surface area (Å²) in [6, 6.07) is 20.3. The van der Waals surface area contributed by atoms with Gasteiger partial charge in [0.2, 0.25) is 0 Å². The van der Waals surface area contributed by atoms with E-state index in [0.717, 1.165) is 34.2 Å². The SMILES string of the molecule is CC(C)(C)OC(=O)N1CCc2c1cc(OCc1ccccc1)c1ccccc21. The number of carbonyl (C=O) groups excluding carboxylic acids is 1. The van der Waals surface area contributed by atoms with Crippen LogP contribution in [0.25, 0.3) is 10.8 Å². The van der Waals surface area contributed by atoms with Crippen molar-refractivity contribution in [2.24, 2.45) is 0 Å². The van der Waals surface area contributed by atoms with Crippen molar-refractivity contribution in [3.63, 3.8) is 0 Å². The summed E-state index contributed by atoms with van der Waals surface area (Å²) in [4.78, 5) is 14.4. The second kappa shape index (κ2) is 7.19. The van der Waals surface area contributed by atoms with E-state index < -0.39 is 5.60 Å². The summed E-state index contributed by atoms with van der Waals surface area (Å²) in [6.45, 7) is 6.76. The van der Waals surface area contributed by atoms with E-state index in [0.29, 0.717) is 13.2 Å². The van der Waals surface area contributed by atoms with Crippen LogP contribution in [0.4, 0.5) is 10.5 Å². The fourth-order valence-electron chi connectivity index (χ4n) is 3.60. The third-order valence-electron chi connectivity index (χ3n) is 4.82. The maximum atomic E-state index is 12.7. The van der Waals surface area contributed by atoms with Crippen LogP contribution in [-0.2, 0) is 17.8 Å². The van der Waals surface area contributed by atoms with Crippen molar-refractivity contribution in [2.75, 3.05) is 11.4 Å². The molecule has 0 saturated heterocycles. The van der Waals surface area contributed by atoms with Crippen LogP contribution in [0.5, 0.6) is 5.75 Å². The fourth-order valence-corrected chi connectivity index (χ4v) is 3.60. The molecular formula is C24H25NO3. The number of hydrogen-bond donors (Lipinski definition) is 0. The summed E-state index contributed by atoms with van der Waals surface area (Å²) < 4.78 is 11.8. The Morgan fingerprint density at radius 3 is 2.39 bits per heavy atom. The number of rotatable bonds is 3.